The van der Waals surface area contributed by atoms with Gasteiger partial charge < -0.3 is 4.90 Å². The van der Waals surface area contributed by atoms with Crippen LogP contribution >= 0.6 is 46.1 Å². The van der Waals surface area contributed by atoms with Crippen molar-refractivity contribution in [2.24, 2.45) is 0 Å². The maximum Gasteiger partial charge on any atom is 0.243 e. The summed E-state index contributed by atoms with van der Waals surface area (Å²) < 4.78 is 27.2. The lowest BCUT2D eigenvalue weighted by atomic mass is 10.1. The highest BCUT2D eigenvalue weighted by Crippen LogP contribution is 2.27. The number of piperazine rings is 1. The molecule has 2 aromatic carbocycles. The van der Waals surface area contributed by atoms with Crippen LogP contribution in [-0.2, 0) is 16.4 Å². The molecule has 10 heteroatoms. The predicted molar refractivity (Wildman–Crippen MR) is 124 cm³/mol. The lowest BCUT2D eigenvalue weighted by Crippen LogP contribution is -2.48. The summed E-state index contributed by atoms with van der Waals surface area (Å²) in [5.41, 5.74) is 1.93. The molecule has 3 aromatic rings. The molecule has 0 unspecified atom stereocenters. The molecular formula is C20H18Cl3N3O2S2. The lowest BCUT2D eigenvalue weighted by molar-refractivity contribution is 0.384. The minimum absolute atomic E-state index is 0.222. The zero-order chi connectivity index (χ0) is 21.3. The first-order valence-corrected chi connectivity index (χ1v) is 12.7. The molecule has 2 heterocycles. The number of aromatic nitrogens is 1. The van der Waals surface area contributed by atoms with Gasteiger partial charge in [0.2, 0.25) is 10.0 Å². The van der Waals surface area contributed by atoms with E-state index in [1.165, 1.54) is 10.4 Å². The highest BCUT2D eigenvalue weighted by atomic mass is 35.5. The molecule has 1 aromatic heterocycles. The minimum atomic E-state index is -3.55. The molecule has 4 rings (SSSR count). The SMILES string of the molecule is O=S(=O)(c1cccc(Cl)c1)N1CCN(c2nc(Cc3cc(Cl)cc(Cl)c3)cs2)CC1. The van der Waals surface area contributed by atoms with Crippen LogP contribution in [0.3, 0.4) is 0 Å². The van der Waals surface area contributed by atoms with Crippen molar-refractivity contribution in [1.29, 1.82) is 0 Å². The second-order valence-electron chi connectivity index (χ2n) is 6.92. The molecule has 0 radical (unpaired) electrons. The molecule has 0 atom stereocenters. The standard InChI is InChI=1S/C20H18Cl3N3O2S2/c21-15-2-1-3-19(12-15)30(27,28)26-6-4-25(5-7-26)20-24-18(13-29-20)10-14-8-16(22)11-17(23)9-14/h1-3,8-9,11-13H,4-7,10H2. The zero-order valence-electron chi connectivity index (χ0n) is 15.8. The van der Waals surface area contributed by atoms with Gasteiger partial charge in [0.1, 0.15) is 0 Å². The van der Waals surface area contributed by atoms with Gasteiger partial charge >= 0.3 is 0 Å². The molecule has 1 aliphatic heterocycles. The fourth-order valence-electron chi connectivity index (χ4n) is 3.34. The Morgan fingerprint density at radius 3 is 2.30 bits per heavy atom. The van der Waals surface area contributed by atoms with Gasteiger partial charge in [-0.05, 0) is 42.0 Å². The Bertz CT molecular complexity index is 1140. The Morgan fingerprint density at radius 2 is 1.63 bits per heavy atom. The molecular weight excluding hydrogens is 485 g/mol. The Hall–Kier alpha value is -1.35. The number of hydrogen-bond donors (Lipinski definition) is 0. The first kappa shape index (κ1) is 21.9. The van der Waals surface area contributed by atoms with Crippen LogP contribution in [0.5, 0.6) is 0 Å². The van der Waals surface area contributed by atoms with E-state index in [0.29, 0.717) is 47.7 Å². The molecule has 0 aliphatic carbocycles. The Labute approximate surface area is 194 Å². The monoisotopic (exact) mass is 501 g/mol. The largest absolute Gasteiger partial charge is 0.345 e. The first-order chi connectivity index (χ1) is 14.3. The van der Waals surface area contributed by atoms with Gasteiger partial charge in [0.05, 0.1) is 10.6 Å². The molecule has 0 saturated carbocycles. The van der Waals surface area contributed by atoms with E-state index in [2.05, 4.69) is 4.90 Å². The van der Waals surface area contributed by atoms with Gasteiger partial charge in [0.25, 0.3) is 0 Å². The summed E-state index contributed by atoms with van der Waals surface area (Å²) in [6.45, 7) is 1.95. The summed E-state index contributed by atoms with van der Waals surface area (Å²) in [6, 6.07) is 11.8. The fourth-order valence-corrected chi connectivity index (χ4v) is 6.52. The van der Waals surface area contributed by atoms with Crippen LogP contribution in [0.15, 0.2) is 52.7 Å². The van der Waals surface area contributed by atoms with Crippen LogP contribution in [0.1, 0.15) is 11.3 Å². The summed E-state index contributed by atoms with van der Waals surface area (Å²) in [5, 5.41) is 4.51. The zero-order valence-corrected chi connectivity index (χ0v) is 19.7. The van der Waals surface area contributed by atoms with Crippen molar-refractivity contribution >= 4 is 61.3 Å². The second-order valence-corrected chi connectivity index (χ2v) is 11.0. The van der Waals surface area contributed by atoms with Crippen molar-refractivity contribution in [3.8, 4) is 0 Å². The van der Waals surface area contributed by atoms with E-state index >= 15 is 0 Å². The van der Waals surface area contributed by atoms with E-state index in [1.54, 1.807) is 35.6 Å². The number of anilines is 1. The fraction of sp³-hybridized carbons (Fsp3) is 0.250. The van der Waals surface area contributed by atoms with Crippen molar-refractivity contribution in [2.75, 3.05) is 31.1 Å². The van der Waals surface area contributed by atoms with Gasteiger partial charge in [-0.3, -0.25) is 0 Å². The number of hydrogen-bond acceptors (Lipinski definition) is 5. The molecule has 0 amide bonds. The van der Waals surface area contributed by atoms with Crippen molar-refractivity contribution < 1.29 is 8.42 Å². The van der Waals surface area contributed by atoms with Gasteiger partial charge in [0.15, 0.2) is 5.13 Å². The van der Waals surface area contributed by atoms with Crippen LogP contribution in [0.25, 0.3) is 0 Å². The Balaban J connectivity index is 1.41. The van der Waals surface area contributed by atoms with Crippen LogP contribution in [0, 0.1) is 0 Å². The lowest BCUT2D eigenvalue weighted by Gasteiger charge is -2.33. The Kier molecular flexibility index (Phi) is 6.58. The topological polar surface area (TPSA) is 53.5 Å². The predicted octanol–water partition coefficient (Wildman–Crippen LogP) is 5.21. The van der Waals surface area contributed by atoms with Gasteiger partial charge in [-0.15, -0.1) is 11.3 Å². The second kappa shape index (κ2) is 9.02. The highest BCUT2D eigenvalue weighted by molar-refractivity contribution is 7.89. The molecule has 30 heavy (non-hydrogen) atoms. The van der Waals surface area contributed by atoms with Crippen molar-refractivity contribution in [3.05, 3.63) is 74.2 Å². The van der Waals surface area contributed by atoms with Crippen LogP contribution in [0.4, 0.5) is 5.13 Å². The average Bonchev–Trinajstić information content (AvgIpc) is 3.16. The van der Waals surface area contributed by atoms with E-state index in [0.717, 1.165) is 16.4 Å². The van der Waals surface area contributed by atoms with Gasteiger partial charge in [-0.2, -0.15) is 4.31 Å². The highest BCUT2D eigenvalue weighted by Gasteiger charge is 2.29. The third-order valence-corrected chi connectivity index (χ3v) is 8.31. The molecule has 0 spiro atoms. The summed E-state index contributed by atoms with van der Waals surface area (Å²) >= 11 is 19.7. The van der Waals surface area contributed by atoms with Gasteiger partial charge in [-0.1, -0.05) is 40.9 Å². The van der Waals surface area contributed by atoms with E-state index in [-0.39, 0.29) is 4.90 Å². The molecule has 158 valence electrons. The maximum atomic E-state index is 12.9. The van der Waals surface area contributed by atoms with E-state index in [4.69, 9.17) is 39.8 Å². The summed E-state index contributed by atoms with van der Waals surface area (Å²) in [7, 11) is -3.55. The number of rotatable bonds is 5. The third-order valence-electron chi connectivity index (χ3n) is 4.79. The van der Waals surface area contributed by atoms with Gasteiger partial charge in [-0.25, -0.2) is 13.4 Å². The number of halogens is 3. The minimum Gasteiger partial charge on any atom is -0.345 e. The quantitative estimate of drug-likeness (QED) is 0.481. The number of sulfonamides is 1. The van der Waals surface area contributed by atoms with Crippen molar-refractivity contribution in [1.82, 2.24) is 9.29 Å². The first-order valence-electron chi connectivity index (χ1n) is 9.21. The summed E-state index contributed by atoms with van der Waals surface area (Å²) in [4.78, 5) is 7.05. The third kappa shape index (κ3) is 4.93. The van der Waals surface area contributed by atoms with E-state index < -0.39 is 10.0 Å². The van der Waals surface area contributed by atoms with Gasteiger partial charge in [0, 0.05) is 53.0 Å². The molecule has 0 N–H and O–H groups in total. The van der Waals surface area contributed by atoms with E-state index in [9.17, 15) is 8.42 Å². The smallest absolute Gasteiger partial charge is 0.243 e. The van der Waals surface area contributed by atoms with Crippen molar-refractivity contribution in [3.63, 3.8) is 0 Å². The molecule has 5 nitrogen and oxygen atoms in total. The van der Waals surface area contributed by atoms with Crippen LogP contribution in [0.2, 0.25) is 15.1 Å². The average molecular weight is 503 g/mol. The van der Waals surface area contributed by atoms with Crippen LogP contribution in [-0.4, -0.2) is 43.9 Å². The summed E-state index contributed by atoms with van der Waals surface area (Å²) in [5.74, 6) is 0. The van der Waals surface area contributed by atoms with Crippen molar-refractivity contribution in [2.45, 2.75) is 11.3 Å². The van der Waals surface area contributed by atoms with E-state index in [1.807, 2.05) is 17.5 Å². The molecule has 1 fully saturated rings. The number of benzene rings is 2. The normalized spacial score (nSPS) is 15.5. The molecule has 1 saturated heterocycles. The molecule has 1 aliphatic rings. The Morgan fingerprint density at radius 1 is 0.933 bits per heavy atom. The number of nitrogens with zero attached hydrogens (tertiary/aromatic N) is 3. The number of thiazole rings is 1. The molecule has 0 bridgehead atoms. The van der Waals surface area contributed by atoms with Crippen LogP contribution < -0.4 is 4.90 Å². The maximum absolute atomic E-state index is 12.9. The summed E-state index contributed by atoms with van der Waals surface area (Å²) in [6.07, 6.45) is 0.639.